The first-order chi connectivity index (χ1) is 21.9. The molecule has 4 aromatic carbocycles. The molecule has 0 saturated carbocycles. The molecule has 0 bridgehead atoms. The third-order valence-electron chi connectivity index (χ3n) is 7.76. The van der Waals surface area contributed by atoms with Crippen LogP contribution in [0.15, 0.2) is 132 Å². The van der Waals surface area contributed by atoms with E-state index in [1.54, 1.807) is 17.7 Å². The second-order valence-corrected chi connectivity index (χ2v) is 10.8. The second kappa shape index (κ2) is 12.7. The van der Waals surface area contributed by atoms with Crippen LogP contribution >= 0.6 is 0 Å². The molecule has 0 radical (unpaired) electrons. The zero-order valence-corrected chi connectivity index (χ0v) is 25.0. The SMILES string of the molecule is CC1=C(C#N)C(=O)N(Cc2ccccc2)C(=O)/C1=C/c1cn(-c2ccccc2)nc1-c1ccc(OCc2ccccc2)c(C)c1. The lowest BCUT2D eigenvalue weighted by atomic mass is 9.93. The van der Waals surface area contributed by atoms with E-state index in [0.29, 0.717) is 23.4 Å². The number of aromatic nitrogens is 2. The number of carbonyl (C=O) groups excluding carboxylic acids is 2. The number of benzene rings is 4. The first-order valence-electron chi connectivity index (χ1n) is 14.6. The van der Waals surface area contributed by atoms with Crippen molar-refractivity contribution in [2.45, 2.75) is 27.0 Å². The van der Waals surface area contributed by atoms with Gasteiger partial charge in [-0.05, 0) is 72.5 Å². The molecule has 5 aromatic rings. The molecule has 2 amide bonds. The third kappa shape index (κ3) is 6.08. The average molecular weight is 591 g/mol. The Morgan fingerprint density at radius 2 is 1.47 bits per heavy atom. The Balaban J connectivity index is 1.41. The number of hydrogen-bond donors (Lipinski definition) is 0. The van der Waals surface area contributed by atoms with E-state index in [-0.39, 0.29) is 17.7 Å². The number of rotatable bonds is 8. The van der Waals surface area contributed by atoms with Crippen molar-refractivity contribution in [3.8, 4) is 28.8 Å². The van der Waals surface area contributed by atoms with Crippen molar-refractivity contribution >= 4 is 17.9 Å². The predicted octanol–water partition coefficient (Wildman–Crippen LogP) is 7.22. The van der Waals surface area contributed by atoms with Crippen molar-refractivity contribution in [1.29, 1.82) is 5.26 Å². The quantitative estimate of drug-likeness (QED) is 0.141. The van der Waals surface area contributed by atoms with Gasteiger partial charge in [0.1, 0.15) is 24.0 Å². The van der Waals surface area contributed by atoms with Gasteiger partial charge >= 0.3 is 0 Å². The maximum Gasteiger partial charge on any atom is 0.271 e. The number of nitriles is 1. The molecule has 1 aliphatic rings. The molecule has 1 aromatic heterocycles. The minimum Gasteiger partial charge on any atom is -0.489 e. The number of hydrogen-bond acceptors (Lipinski definition) is 5. The van der Waals surface area contributed by atoms with Crippen LogP contribution in [-0.2, 0) is 22.7 Å². The lowest BCUT2D eigenvalue weighted by molar-refractivity contribution is -0.141. The van der Waals surface area contributed by atoms with E-state index in [2.05, 4.69) is 0 Å². The Bertz CT molecular complexity index is 1990. The van der Waals surface area contributed by atoms with Crippen LogP contribution in [0.2, 0.25) is 0 Å². The monoisotopic (exact) mass is 590 g/mol. The van der Waals surface area contributed by atoms with Gasteiger partial charge in [0.15, 0.2) is 0 Å². The van der Waals surface area contributed by atoms with Gasteiger partial charge in [-0.25, -0.2) is 4.68 Å². The van der Waals surface area contributed by atoms with E-state index in [1.807, 2.05) is 128 Å². The van der Waals surface area contributed by atoms with E-state index in [4.69, 9.17) is 9.84 Å². The number of nitrogens with zero attached hydrogens (tertiary/aromatic N) is 4. The van der Waals surface area contributed by atoms with Crippen LogP contribution in [-0.4, -0.2) is 26.5 Å². The van der Waals surface area contributed by atoms with Crippen molar-refractivity contribution in [2.24, 2.45) is 0 Å². The lowest BCUT2D eigenvalue weighted by Crippen LogP contribution is -2.42. The van der Waals surface area contributed by atoms with E-state index in [9.17, 15) is 14.9 Å². The summed E-state index contributed by atoms with van der Waals surface area (Å²) in [5, 5.41) is 14.9. The molecule has 6 rings (SSSR count). The number of imide groups is 1. The number of ether oxygens (including phenoxy) is 1. The lowest BCUT2D eigenvalue weighted by Gasteiger charge is -2.27. The highest BCUT2D eigenvalue weighted by atomic mass is 16.5. The van der Waals surface area contributed by atoms with Crippen molar-refractivity contribution in [3.05, 3.63) is 154 Å². The molecular formula is C38H30N4O3. The van der Waals surface area contributed by atoms with E-state index in [0.717, 1.165) is 38.6 Å². The highest BCUT2D eigenvalue weighted by Crippen LogP contribution is 2.33. The fourth-order valence-corrected chi connectivity index (χ4v) is 5.32. The first-order valence-corrected chi connectivity index (χ1v) is 14.6. The van der Waals surface area contributed by atoms with Crippen molar-refractivity contribution in [1.82, 2.24) is 14.7 Å². The Morgan fingerprint density at radius 3 is 2.11 bits per heavy atom. The summed E-state index contributed by atoms with van der Waals surface area (Å²) in [5.74, 6) is -0.289. The maximum atomic E-state index is 13.9. The summed E-state index contributed by atoms with van der Waals surface area (Å²) in [6.45, 7) is 4.15. The molecule has 220 valence electrons. The van der Waals surface area contributed by atoms with E-state index < -0.39 is 11.8 Å². The molecule has 2 heterocycles. The summed E-state index contributed by atoms with van der Waals surface area (Å²) in [6, 6.07) is 36.9. The summed E-state index contributed by atoms with van der Waals surface area (Å²) >= 11 is 0. The van der Waals surface area contributed by atoms with Crippen LogP contribution < -0.4 is 4.74 Å². The largest absolute Gasteiger partial charge is 0.489 e. The van der Waals surface area contributed by atoms with Gasteiger partial charge < -0.3 is 4.74 Å². The van der Waals surface area contributed by atoms with Crippen LogP contribution in [0.3, 0.4) is 0 Å². The molecule has 7 heteroatoms. The van der Waals surface area contributed by atoms with Crippen LogP contribution in [0.4, 0.5) is 0 Å². The number of amides is 2. The Hall–Kier alpha value is -6.00. The highest BCUT2D eigenvalue weighted by Gasteiger charge is 2.35. The number of aryl methyl sites for hydroxylation is 1. The van der Waals surface area contributed by atoms with Gasteiger partial charge in [-0.1, -0.05) is 78.9 Å². The Kier molecular flexibility index (Phi) is 8.21. The number of para-hydroxylation sites is 1. The molecule has 45 heavy (non-hydrogen) atoms. The normalized spacial score (nSPS) is 14.2. The van der Waals surface area contributed by atoms with Gasteiger partial charge in [0.25, 0.3) is 11.8 Å². The Morgan fingerprint density at radius 1 is 0.822 bits per heavy atom. The molecule has 0 spiro atoms. The molecule has 0 atom stereocenters. The highest BCUT2D eigenvalue weighted by molar-refractivity contribution is 6.19. The summed E-state index contributed by atoms with van der Waals surface area (Å²) < 4.78 is 7.87. The maximum absolute atomic E-state index is 13.9. The average Bonchev–Trinajstić information content (AvgIpc) is 3.50. The molecule has 7 nitrogen and oxygen atoms in total. The minimum absolute atomic E-state index is 0.0513. The van der Waals surface area contributed by atoms with Crippen LogP contribution in [0.1, 0.15) is 29.2 Å². The minimum atomic E-state index is -0.595. The van der Waals surface area contributed by atoms with Crippen molar-refractivity contribution in [3.63, 3.8) is 0 Å². The van der Waals surface area contributed by atoms with Gasteiger partial charge in [0.2, 0.25) is 0 Å². The molecule has 1 aliphatic heterocycles. The molecular weight excluding hydrogens is 560 g/mol. The van der Waals surface area contributed by atoms with Gasteiger partial charge in [-0.3, -0.25) is 14.5 Å². The van der Waals surface area contributed by atoms with Gasteiger partial charge in [0.05, 0.1) is 17.9 Å². The predicted molar refractivity (Wildman–Crippen MR) is 173 cm³/mol. The van der Waals surface area contributed by atoms with Crippen LogP contribution in [0.5, 0.6) is 5.75 Å². The first kappa shape index (κ1) is 29.1. The summed E-state index contributed by atoms with van der Waals surface area (Å²) in [6.07, 6.45) is 3.59. The third-order valence-corrected chi connectivity index (χ3v) is 7.76. The van der Waals surface area contributed by atoms with E-state index >= 15 is 0 Å². The van der Waals surface area contributed by atoms with E-state index in [1.165, 1.54) is 0 Å². The van der Waals surface area contributed by atoms with Crippen molar-refractivity contribution in [2.75, 3.05) is 0 Å². The molecule has 0 unspecified atom stereocenters. The summed E-state index contributed by atoms with van der Waals surface area (Å²) in [7, 11) is 0. The second-order valence-electron chi connectivity index (χ2n) is 10.8. The zero-order chi connectivity index (χ0) is 31.3. The van der Waals surface area contributed by atoms with Gasteiger partial charge in [-0.15, -0.1) is 0 Å². The van der Waals surface area contributed by atoms with Crippen molar-refractivity contribution < 1.29 is 14.3 Å². The molecule has 0 N–H and O–H groups in total. The van der Waals surface area contributed by atoms with Crippen LogP contribution in [0, 0.1) is 18.3 Å². The fourth-order valence-electron chi connectivity index (χ4n) is 5.32. The topological polar surface area (TPSA) is 88.2 Å². The fraction of sp³-hybridized carbons (Fsp3) is 0.105. The zero-order valence-electron chi connectivity index (χ0n) is 25.0. The molecule has 0 fully saturated rings. The van der Waals surface area contributed by atoms with Gasteiger partial charge in [0, 0.05) is 22.9 Å². The summed E-state index contributed by atoms with van der Waals surface area (Å²) in [4.78, 5) is 28.3. The Labute approximate surface area is 261 Å². The van der Waals surface area contributed by atoms with Gasteiger partial charge in [-0.2, -0.15) is 10.4 Å². The smallest absolute Gasteiger partial charge is 0.271 e. The van der Waals surface area contributed by atoms with Crippen LogP contribution in [0.25, 0.3) is 23.0 Å². The molecule has 0 saturated heterocycles. The standard InChI is InChI=1S/C38H30N4O3/c1-26-20-30(18-19-35(26)45-25-29-14-8-4-9-15-29)36-31(24-42(40-36)32-16-10-5-11-17-32)21-33-27(2)34(22-39)38(44)41(37(33)43)23-28-12-6-3-7-13-28/h3-21,24H,23,25H2,1-2H3/b33-21+. The summed E-state index contributed by atoms with van der Waals surface area (Å²) in [5.41, 5.74) is 6.38. The number of carbonyl (C=O) groups is 2. The molecule has 0 aliphatic carbocycles.